The third kappa shape index (κ3) is 3.66. The number of rotatable bonds is 4. The summed E-state index contributed by atoms with van der Waals surface area (Å²) in [5.41, 5.74) is 1.89. The van der Waals surface area contributed by atoms with E-state index in [1.807, 2.05) is 6.07 Å². The highest BCUT2D eigenvalue weighted by Gasteiger charge is 2.14. The van der Waals surface area contributed by atoms with Crippen LogP contribution in [-0.2, 0) is 6.54 Å². The SMILES string of the molecule is Cc1c(CNC(=O)c2cccc(Br)c2)cccc1[N+](=O)[O-]. The molecule has 5 nitrogen and oxygen atoms in total. The second-order valence-corrected chi connectivity index (χ2v) is 5.43. The lowest BCUT2D eigenvalue weighted by Crippen LogP contribution is -2.23. The Balaban J connectivity index is 2.12. The van der Waals surface area contributed by atoms with Crippen LogP contribution in [0.25, 0.3) is 0 Å². The second-order valence-electron chi connectivity index (χ2n) is 4.51. The van der Waals surface area contributed by atoms with Crippen molar-refractivity contribution in [1.82, 2.24) is 5.32 Å². The van der Waals surface area contributed by atoms with Crippen molar-refractivity contribution in [3.63, 3.8) is 0 Å². The summed E-state index contributed by atoms with van der Waals surface area (Å²) in [6, 6.07) is 11.9. The molecule has 0 unspecified atom stereocenters. The Morgan fingerprint density at radius 2 is 2.00 bits per heavy atom. The number of nitrogens with zero attached hydrogens (tertiary/aromatic N) is 1. The molecule has 0 heterocycles. The summed E-state index contributed by atoms with van der Waals surface area (Å²) in [6.45, 7) is 1.93. The first kappa shape index (κ1) is 15.2. The van der Waals surface area contributed by atoms with E-state index in [2.05, 4.69) is 21.2 Å². The monoisotopic (exact) mass is 348 g/mol. The molecule has 0 spiro atoms. The first-order valence-corrected chi connectivity index (χ1v) is 7.05. The summed E-state index contributed by atoms with van der Waals surface area (Å²) in [6.07, 6.45) is 0. The quantitative estimate of drug-likeness (QED) is 0.677. The number of carbonyl (C=O) groups excluding carboxylic acids is 1. The van der Waals surface area contributed by atoms with Crippen molar-refractivity contribution in [3.8, 4) is 0 Å². The standard InChI is InChI=1S/C15H13BrN2O3/c1-10-12(5-3-7-14(10)18(20)21)9-17-15(19)11-4-2-6-13(16)8-11/h2-8H,9H2,1H3,(H,17,19). The zero-order valence-electron chi connectivity index (χ0n) is 11.3. The van der Waals surface area contributed by atoms with Gasteiger partial charge in [0, 0.05) is 28.2 Å². The Labute approximate surface area is 130 Å². The van der Waals surface area contributed by atoms with Crippen LogP contribution in [-0.4, -0.2) is 10.8 Å². The smallest absolute Gasteiger partial charge is 0.272 e. The van der Waals surface area contributed by atoms with Gasteiger partial charge in [0.2, 0.25) is 0 Å². The highest BCUT2D eigenvalue weighted by atomic mass is 79.9. The van der Waals surface area contributed by atoms with Crippen molar-refractivity contribution in [2.75, 3.05) is 0 Å². The van der Waals surface area contributed by atoms with Gasteiger partial charge < -0.3 is 5.32 Å². The lowest BCUT2D eigenvalue weighted by Gasteiger charge is -2.08. The molecule has 0 saturated carbocycles. The number of amides is 1. The largest absolute Gasteiger partial charge is 0.348 e. The van der Waals surface area contributed by atoms with E-state index >= 15 is 0 Å². The molecule has 21 heavy (non-hydrogen) atoms. The molecule has 0 saturated heterocycles. The van der Waals surface area contributed by atoms with E-state index in [-0.39, 0.29) is 18.1 Å². The van der Waals surface area contributed by atoms with E-state index in [0.717, 1.165) is 10.0 Å². The molecule has 0 bridgehead atoms. The Morgan fingerprint density at radius 3 is 2.67 bits per heavy atom. The molecular formula is C15H13BrN2O3. The molecule has 1 N–H and O–H groups in total. The molecule has 0 aliphatic heterocycles. The lowest BCUT2D eigenvalue weighted by molar-refractivity contribution is -0.385. The summed E-state index contributed by atoms with van der Waals surface area (Å²) in [7, 11) is 0. The number of nitrogens with one attached hydrogen (secondary N) is 1. The van der Waals surface area contributed by atoms with Gasteiger partial charge in [0.05, 0.1) is 4.92 Å². The summed E-state index contributed by atoms with van der Waals surface area (Å²) in [5, 5.41) is 13.7. The first-order valence-electron chi connectivity index (χ1n) is 6.25. The average molecular weight is 349 g/mol. The minimum absolute atomic E-state index is 0.0594. The highest BCUT2D eigenvalue weighted by Crippen LogP contribution is 2.21. The van der Waals surface area contributed by atoms with Gasteiger partial charge in [-0.05, 0) is 30.7 Å². The summed E-state index contributed by atoms with van der Waals surface area (Å²) >= 11 is 3.31. The molecule has 108 valence electrons. The van der Waals surface area contributed by atoms with Gasteiger partial charge in [0.15, 0.2) is 0 Å². The number of carbonyl (C=O) groups is 1. The molecule has 2 aromatic rings. The molecule has 0 aliphatic carbocycles. The van der Waals surface area contributed by atoms with Gasteiger partial charge >= 0.3 is 0 Å². The molecule has 0 aromatic heterocycles. The third-order valence-corrected chi connectivity index (χ3v) is 3.63. The normalized spacial score (nSPS) is 10.2. The van der Waals surface area contributed by atoms with E-state index in [0.29, 0.717) is 11.1 Å². The van der Waals surface area contributed by atoms with Crippen molar-refractivity contribution in [2.45, 2.75) is 13.5 Å². The minimum atomic E-state index is -0.422. The molecule has 2 aromatic carbocycles. The molecule has 6 heteroatoms. The van der Waals surface area contributed by atoms with Gasteiger partial charge in [0.1, 0.15) is 0 Å². The van der Waals surface area contributed by atoms with Gasteiger partial charge in [0.25, 0.3) is 11.6 Å². The second kappa shape index (κ2) is 6.49. The minimum Gasteiger partial charge on any atom is -0.348 e. The molecule has 0 aliphatic rings. The highest BCUT2D eigenvalue weighted by molar-refractivity contribution is 9.10. The fraction of sp³-hybridized carbons (Fsp3) is 0.133. The molecule has 0 atom stereocenters. The van der Waals surface area contributed by atoms with E-state index in [1.54, 1.807) is 37.3 Å². The zero-order chi connectivity index (χ0) is 15.4. The van der Waals surface area contributed by atoms with Crippen LogP contribution in [0.2, 0.25) is 0 Å². The first-order chi connectivity index (χ1) is 9.99. The van der Waals surface area contributed by atoms with Crippen molar-refractivity contribution >= 4 is 27.5 Å². The fourth-order valence-electron chi connectivity index (χ4n) is 1.97. The number of hydrogen-bond acceptors (Lipinski definition) is 3. The van der Waals surface area contributed by atoms with Crippen LogP contribution in [0.5, 0.6) is 0 Å². The lowest BCUT2D eigenvalue weighted by atomic mass is 10.1. The van der Waals surface area contributed by atoms with Gasteiger partial charge in [-0.3, -0.25) is 14.9 Å². The maximum absolute atomic E-state index is 12.0. The molecule has 1 amide bonds. The Morgan fingerprint density at radius 1 is 1.29 bits per heavy atom. The van der Waals surface area contributed by atoms with Gasteiger partial charge in [-0.15, -0.1) is 0 Å². The van der Waals surface area contributed by atoms with E-state index in [9.17, 15) is 14.9 Å². The Hall–Kier alpha value is -2.21. The van der Waals surface area contributed by atoms with E-state index in [4.69, 9.17) is 0 Å². The van der Waals surface area contributed by atoms with E-state index < -0.39 is 4.92 Å². The topological polar surface area (TPSA) is 72.2 Å². The summed E-state index contributed by atoms with van der Waals surface area (Å²) < 4.78 is 0.821. The average Bonchev–Trinajstić information content (AvgIpc) is 2.45. The molecule has 0 fully saturated rings. The third-order valence-electron chi connectivity index (χ3n) is 3.14. The van der Waals surface area contributed by atoms with Gasteiger partial charge in [-0.1, -0.05) is 34.1 Å². The van der Waals surface area contributed by atoms with Gasteiger partial charge in [-0.25, -0.2) is 0 Å². The maximum Gasteiger partial charge on any atom is 0.272 e. The Bertz CT molecular complexity index is 701. The number of nitro groups is 1. The predicted octanol–water partition coefficient (Wildman–Crippen LogP) is 3.60. The Kier molecular flexibility index (Phi) is 4.70. The summed E-state index contributed by atoms with van der Waals surface area (Å²) in [4.78, 5) is 22.5. The fourth-order valence-corrected chi connectivity index (χ4v) is 2.37. The van der Waals surface area contributed by atoms with E-state index in [1.165, 1.54) is 6.07 Å². The maximum atomic E-state index is 12.0. The van der Waals surface area contributed by atoms with Crippen molar-refractivity contribution in [1.29, 1.82) is 0 Å². The van der Waals surface area contributed by atoms with Crippen LogP contribution in [0.1, 0.15) is 21.5 Å². The van der Waals surface area contributed by atoms with Crippen LogP contribution in [0.15, 0.2) is 46.9 Å². The molecule has 0 radical (unpaired) electrons. The molecule has 2 rings (SSSR count). The van der Waals surface area contributed by atoms with Crippen LogP contribution < -0.4 is 5.32 Å². The molecular weight excluding hydrogens is 336 g/mol. The van der Waals surface area contributed by atoms with Crippen LogP contribution in [0.4, 0.5) is 5.69 Å². The number of hydrogen-bond donors (Lipinski definition) is 1. The van der Waals surface area contributed by atoms with Crippen molar-refractivity contribution < 1.29 is 9.72 Å². The van der Waals surface area contributed by atoms with Crippen LogP contribution >= 0.6 is 15.9 Å². The van der Waals surface area contributed by atoms with Crippen molar-refractivity contribution in [3.05, 3.63) is 73.7 Å². The van der Waals surface area contributed by atoms with Crippen LogP contribution in [0.3, 0.4) is 0 Å². The van der Waals surface area contributed by atoms with Gasteiger partial charge in [-0.2, -0.15) is 0 Å². The predicted molar refractivity (Wildman–Crippen MR) is 83.1 cm³/mol. The number of nitro benzene ring substituents is 1. The zero-order valence-corrected chi connectivity index (χ0v) is 12.9. The van der Waals surface area contributed by atoms with Crippen LogP contribution in [0, 0.1) is 17.0 Å². The van der Waals surface area contributed by atoms with Crippen molar-refractivity contribution in [2.24, 2.45) is 0 Å². The summed E-state index contributed by atoms with van der Waals surface area (Å²) in [5.74, 6) is -0.220. The number of benzene rings is 2. The number of halogens is 1.